The Hall–Kier alpha value is 0.150. The topological polar surface area (TPSA) is 0 Å². The number of halogens is 2. The number of hydrogen-bond acceptors (Lipinski definition) is 1. The highest BCUT2D eigenvalue weighted by Gasteiger charge is 1.97. The summed E-state index contributed by atoms with van der Waals surface area (Å²) in [6, 6.07) is 5.66. The molecule has 0 saturated carbocycles. The molecular weight excluding hydrogens is 223 g/mol. The third-order valence-electron chi connectivity index (χ3n) is 1.60. The highest BCUT2D eigenvalue weighted by Crippen LogP contribution is 2.20. The zero-order valence-electron chi connectivity index (χ0n) is 7.22. The average Bonchev–Trinajstić information content (AvgIpc) is 2.03. The van der Waals surface area contributed by atoms with Crippen LogP contribution in [0.2, 0.25) is 10.0 Å². The van der Waals surface area contributed by atoms with Gasteiger partial charge in [0.25, 0.3) is 0 Å². The van der Waals surface area contributed by atoms with E-state index in [0.29, 0.717) is 10.0 Å². The summed E-state index contributed by atoms with van der Waals surface area (Å²) >= 11 is 13.5. The minimum absolute atomic E-state index is 0.710. The SMILES string of the molecule is [CH2]CSCCc1cc(Cl)cc(Cl)c1. The van der Waals surface area contributed by atoms with Gasteiger partial charge in [0.05, 0.1) is 0 Å². The minimum atomic E-state index is 0.710. The maximum absolute atomic E-state index is 5.86. The van der Waals surface area contributed by atoms with E-state index in [0.717, 1.165) is 17.9 Å². The molecule has 1 radical (unpaired) electrons. The van der Waals surface area contributed by atoms with Crippen molar-refractivity contribution >= 4 is 35.0 Å². The number of benzene rings is 1. The second kappa shape index (κ2) is 5.79. The van der Waals surface area contributed by atoms with Crippen molar-refractivity contribution in [2.45, 2.75) is 6.42 Å². The molecule has 1 rings (SSSR count). The molecule has 0 N–H and O–H groups in total. The van der Waals surface area contributed by atoms with Gasteiger partial charge in [-0.15, -0.1) is 0 Å². The fourth-order valence-corrected chi connectivity index (χ4v) is 2.20. The minimum Gasteiger partial charge on any atom is -0.162 e. The first kappa shape index (κ1) is 11.2. The standard InChI is InChI=1S/C10H11Cl2S/c1-2-13-4-3-8-5-9(11)7-10(12)6-8/h5-7H,1-4H2. The lowest BCUT2D eigenvalue weighted by Crippen LogP contribution is -1.89. The third kappa shape index (κ3) is 4.26. The third-order valence-corrected chi connectivity index (χ3v) is 2.82. The van der Waals surface area contributed by atoms with Crippen LogP contribution >= 0.6 is 35.0 Å². The van der Waals surface area contributed by atoms with Crippen LogP contribution in [0.1, 0.15) is 5.56 Å². The Morgan fingerprint density at radius 2 is 1.77 bits per heavy atom. The highest BCUT2D eigenvalue weighted by atomic mass is 35.5. The quantitative estimate of drug-likeness (QED) is 0.706. The maximum atomic E-state index is 5.86. The molecule has 1 aromatic rings. The van der Waals surface area contributed by atoms with Gasteiger partial charge in [0.2, 0.25) is 0 Å². The summed E-state index contributed by atoms with van der Waals surface area (Å²) in [6.07, 6.45) is 1.00. The Balaban J connectivity index is 2.56. The van der Waals surface area contributed by atoms with Crippen LogP contribution in [0.15, 0.2) is 18.2 Å². The molecule has 71 valence electrons. The van der Waals surface area contributed by atoms with Crippen LogP contribution in [0, 0.1) is 6.92 Å². The first-order valence-corrected chi connectivity index (χ1v) is 5.95. The Morgan fingerprint density at radius 1 is 1.15 bits per heavy atom. The van der Waals surface area contributed by atoms with Crippen LogP contribution in [0.25, 0.3) is 0 Å². The van der Waals surface area contributed by atoms with Crippen molar-refractivity contribution < 1.29 is 0 Å². The second-order valence-electron chi connectivity index (χ2n) is 2.64. The van der Waals surface area contributed by atoms with Gasteiger partial charge in [-0.05, 0) is 48.6 Å². The predicted molar refractivity (Wildman–Crippen MR) is 62.8 cm³/mol. The van der Waals surface area contributed by atoms with E-state index in [4.69, 9.17) is 23.2 Å². The molecule has 0 spiro atoms. The Kier molecular flexibility index (Phi) is 5.00. The lowest BCUT2D eigenvalue weighted by molar-refractivity contribution is 1.16. The second-order valence-corrected chi connectivity index (χ2v) is 4.74. The molecule has 0 aromatic heterocycles. The van der Waals surface area contributed by atoms with E-state index in [-0.39, 0.29) is 0 Å². The van der Waals surface area contributed by atoms with Gasteiger partial charge < -0.3 is 0 Å². The molecule has 13 heavy (non-hydrogen) atoms. The molecule has 0 atom stereocenters. The molecule has 0 unspecified atom stereocenters. The maximum Gasteiger partial charge on any atom is 0.0423 e. The van der Waals surface area contributed by atoms with Crippen LogP contribution in [-0.4, -0.2) is 11.5 Å². The average molecular weight is 234 g/mol. The summed E-state index contributed by atoms with van der Waals surface area (Å²) in [5.41, 5.74) is 1.19. The summed E-state index contributed by atoms with van der Waals surface area (Å²) in [4.78, 5) is 0. The fourth-order valence-electron chi connectivity index (χ4n) is 1.05. The zero-order valence-corrected chi connectivity index (χ0v) is 9.55. The van der Waals surface area contributed by atoms with E-state index < -0.39 is 0 Å². The van der Waals surface area contributed by atoms with E-state index in [1.54, 1.807) is 6.07 Å². The van der Waals surface area contributed by atoms with Crippen LogP contribution in [-0.2, 0) is 6.42 Å². The van der Waals surface area contributed by atoms with Crippen LogP contribution in [0.4, 0.5) is 0 Å². The number of aryl methyl sites for hydroxylation is 1. The van der Waals surface area contributed by atoms with Crippen molar-refractivity contribution in [2.24, 2.45) is 0 Å². The van der Waals surface area contributed by atoms with Crippen LogP contribution in [0.5, 0.6) is 0 Å². The molecule has 0 saturated heterocycles. The molecular formula is C10H11Cl2S. The van der Waals surface area contributed by atoms with Crippen molar-refractivity contribution in [3.05, 3.63) is 40.7 Å². The Morgan fingerprint density at radius 3 is 2.31 bits per heavy atom. The summed E-state index contributed by atoms with van der Waals surface area (Å²) < 4.78 is 0. The largest absolute Gasteiger partial charge is 0.162 e. The highest BCUT2D eigenvalue weighted by molar-refractivity contribution is 7.99. The number of thioether (sulfide) groups is 1. The molecule has 0 amide bonds. The summed E-state index contributed by atoms with van der Waals surface area (Å²) in [5, 5.41) is 1.42. The van der Waals surface area contributed by atoms with Crippen LogP contribution < -0.4 is 0 Å². The number of hydrogen-bond donors (Lipinski definition) is 0. The van der Waals surface area contributed by atoms with Crippen molar-refractivity contribution in [3.8, 4) is 0 Å². The van der Waals surface area contributed by atoms with E-state index in [9.17, 15) is 0 Å². The molecule has 0 aliphatic carbocycles. The van der Waals surface area contributed by atoms with Crippen LogP contribution in [0.3, 0.4) is 0 Å². The molecule has 1 aromatic carbocycles. The van der Waals surface area contributed by atoms with Gasteiger partial charge in [0.1, 0.15) is 0 Å². The van der Waals surface area contributed by atoms with Gasteiger partial charge in [-0.1, -0.05) is 23.2 Å². The first-order valence-electron chi connectivity index (χ1n) is 4.04. The van der Waals surface area contributed by atoms with Gasteiger partial charge in [0, 0.05) is 10.0 Å². The molecule has 0 aliphatic rings. The van der Waals surface area contributed by atoms with E-state index in [1.165, 1.54) is 5.56 Å². The van der Waals surface area contributed by atoms with Gasteiger partial charge in [-0.2, -0.15) is 11.8 Å². The van der Waals surface area contributed by atoms with Gasteiger partial charge >= 0.3 is 0 Å². The molecule has 0 aliphatic heterocycles. The zero-order chi connectivity index (χ0) is 9.68. The summed E-state index contributed by atoms with van der Waals surface area (Å²) in [6.45, 7) is 3.76. The van der Waals surface area contributed by atoms with Crippen molar-refractivity contribution in [1.82, 2.24) is 0 Å². The molecule has 0 heterocycles. The van der Waals surface area contributed by atoms with Gasteiger partial charge in [-0.3, -0.25) is 0 Å². The molecule has 0 nitrogen and oxygen atoms in total. The van der Waals surface area contributed by atoms with Crippen molar-refractivity contribution in [1.29, 1.82) is 0 Å². The van der Waals surface area contributed by atoms with Gasteiger partial charge in [-0.25, -0.2) is 0 Å². The molecule has 3 heteroatoms. The van der Waals surface area contributed by atoms with E-state index in [2.05, 4.69) is 6.92 Å². The molecule has 0 bridgehead atoms. The summed E-state index contributed by atoms with van der Waals surface area (Å²) in [7, 11) is 0. The predicted octanol–water partition coefficient (Wildman–Crippen LogP) is 4.10. The lowest BCUT2D eigenvalue weighted by atomic mass is 10.2. The van der Waals surface area contributed by atoms with Crippen molar-refractivity contribution in [3.63, 3.8) is 0 Å². The Labute approximate surface area is 93.6 Å². The molecule has 0 fully saturated rings. The Bertz CT molecular complexity index is 253. The van der Waals surface area contributed by atoms with Gasteiger partial charge in [0.15, 0.2) is 0 Å². The first-order chi connectivity index (χ1) is 6.22. The lowest BCUT2D eigenvalue weighted by Gasteiger charge is -2.02. The van der Waals surface area contributed by atoms with Crippen molar-refractivity contribution in [2.75, 3.05) is 11.5 Å². The van der Waals surface area contributed by atoms with E-state index >= 15 is 0 Å². The normalized spacial score (nSPS) is 10.4. The van der Waals surface area contributed by atoms with E-state index in [1.807, 2.05) is 23.9 Å². The number of rotatable bonds is 4. The summed E-state index contributed by atoms with van der Waals surface area (Å²) in [5.74, 6) is 1.98. The fraction of sp³-hybridized carbons (Fsp3) is 0.300. The monoisotopic (exact) mass is 233 g/mol. The smallest absolute Gasteiger partial charge is 0.0423 e.